The fourth-order valence-corrected chi connectivity index (χ4v) is 2.00. The van der Waals surface area contributed by atoms with Crippen LogP contribution in [0, 0.1) is 6.92 Å². The third kappa shape index (κ3) is 2.80. The maximum Gasteiger partial charge on any atom is 0.337 e. The molecule has 0 heterocycles. The number of hydrogen-bond donors (Lipinski definition) is 3. The summed E-state index contributed by atoms with van der Waals surface area (Å²) in [6.07, 6.45) is 0. The Balaban J connectivity index is 2.38. The van der Waals surface area contributed by atoms with E-state index in [0.29, 0.717) is 10.7 Å². The van der Waals surface area contributed by atoms with Gasteiger partial charge in [0.05, 0.1) is 16.9 Å². The zero-order valence-corrected chi connectivity index (χ0v) is 11.0. The quantitative estimate of drug-likeness (QED) is 0.748. The van der Waals surface area contributed by atoms with Crippen LogP contribution in [-0.2, 0) is 0 Å². The van der Waals surface area contributed by atoms with Gasteiger partial charge in [-0.25, -0.2) is 4.79 Å². The summed E-state index contributed by atoms with van der Waals surface area (Å²) in [5.74, 6) is -1.05. The van der Waals surface area contributed by atoms with Crippen molar-refractivity contribution in [3.05, 3.63) is 52.5 Å². The zero-order chi connectivity index (χ0) is 14.0. The topological polar surface area (TPSA) is 75.3 Å². The summed E-state index contributed by atoms with van der Waals surface area (Å²) in [4.78, 5) is 11.0. The standard InChI is InChI=1S/C14H13ClN2O2/c1-8-7-9(15)5-6-11(8)17-12-4-2-3-10(13(12)16)14(18)19/h2-7,17H,16H2,1H3,(H,18,19). The Kier molecular flexibility index (Phi) is 3.62. The van der Waals surface area contributed by atoms with E-state index < -0.39 is 5.97 Å². The van der Waals surface area contributed by atoms with Crippen LogP contribution in [0.1, 0.15) is 15.9 Å². The van der Waals surface area contributed by atoms with Crippen molar-refractivity contribution in [3.8, 4) is 0 Å². The molecule has 0 bridgehead atoms. The monoisotopic (exact) mass is 276 g/mol. The number of carboxylic acids is 1. The molecule has 0 aliphatic heterocycles. The summed E-state index contributed by atoms with van der Waals surface area (Å²) in [5.41, 5.74) is 8.48. The summed E-state index contributed by atoms with van der Waals surface area (Å²) in [5, 5.41) is 12.8. The second-order valence-electron chi connectivity index (χ2n) is 4.16. The lowest BCUT2D eigenvalue weighted by Crippen LogP contribution is -2.05. The first-order chi connectivity index (χ1) is 8.99. The highest BCUT2D eigenvalue weighted by molar-refractivity contribution is 6.30. The number of carboxylic acid groups (broad SMARTS) is 1. The van der Waals surface area contributed by atoms with E-state index in [9.17, 15) is 4.79 Å². The highest BCUT2D eigenvalue weighted by atomic mass is 35.5. The van der Waals surface area contributed by atoms with Gasteiger partial charge in [0.25, 0.3) is 0 Å². The first kappa shape index (κ1) is 13.2. The fourth-order valence-electron chi connectivity index (χ4n) is 1.77. The van der Waals surface area contributed by atoms with Crippen LogP contribution in [-0.4, -0.2) is 11.1 Å². The van der Waals surface area contributed by atoms with Crippen molar-refractivity contribution >= 4 is 34.6 Å². The number of anilines is 3. The SMILES string of the molecule is Cc1cc(Cl)ccc1Nc1cccc(C(=O)O)c1N. The van der Waals surface area contributed by atoms with Crippen LogP contribution in [0.3, 0.4) is 0 Å². The number of carbonyl (C=O) groups is 1. The third-order valence-electron chi connectivity index (χ3n) is 2.79. The van der Waals surface area contributed by atoms with Crippen molar-refractivity contribution < 1.29 is 9.90 Å². The average Bonchev–Trinajstić information content (AvgIpc) is 2.34. The minimum absolute atomic E-state index is 0.0802. The summed E-state index contributed by atoms with van der Waals surface area (Å²) >= 11 is 5.89. The van der Waals surface area contributed by atoms with E-state index in [1.807, 2.05) is 19.1 Å². The Morgan fingerprint density at radius 1 is 1.26 bits per heavy atom. The van der Waals surface area contributed by atoms with Crippen LogP contribution < -0.4 is 11.1 Å². The third-order valence-corrected chi connectivity index (χ3v) is 3.03. The van der Waals surface area contributed by atoms with E-state index >= 15 is 0 Å². The number of benzene rings is 2. The van der Waals surface area contributed by atoms with Crippen LogP contribution in [0.15, 0.2) is 36.4 Å². The lowest BCUT2D eigenvalue weighted by atomic mass is 10.1. The molecule has 0 amide bonds. The second kappa shape index (κ2) is 5.20. The van der Waals surface area contributed by atoms with E-state index in [1.54, 1.807) is 18.2 Å². The van der Waals surface area contributed by atoms with Crippen LogP contribution in [0.4, 0.5) is 17.1 Å². The van der Waals surface area contributed by atoms with Gasteiger partial charge in [-0.2, -0.15) is 0 Å². The molecule has 4 nitrogen and oxygen atoms in total. The molecule has 4 N–H and O–H groups in total. The number of rotatable bonds is 3. The van der Waals surface area contributed by atoms with E-state index in [-0.39, 0.29) is 11.3 Å². The molecule has 2 rings (SSSR count). The molecular formula is C14H13ClN2O2. The lowest BCUT2D eigenvalue weighted by Gasteiger charge is -2.13. The van der Waals surface area contributed by atoms with Crippen molar-refractivity contribution in [1.29, 1.82) is 0 Å². The zero-order valence-electron chi connectivity index (χ0n) is 10.3. The first-order valence-corrected chi connectivity index (χ1v) is 6.02. The molecule has 19 heavy (non-hydrogen) atoms. The van der Waals surface area contributed by atoms with E-state index in [1.165, 1.54) is 6.07 Å². The molecule has 0 radical (unpaired) electrons. The minimum Gasteiger partial charge on any atom is -0.478 e. The molecule has 0 fully saturated rings. The second-order valence-corrected chi connectivity index (χ2v) is 4.59. The van der Waals surface area contributed by atoms with Gasteiger partial charge in [-0.15, -0.1) is 0 Å². The Labute approximate surface area is 115 Å². The number of hydrogen-bond acceptors (Lipinski definition) is 3. The smallest absolute Gasteiger partial charge is 0.337 e. The Hall–Kier alpha value is -2.20. The Morgan fingerprint density at radius 3 is 2.63 bits per heavy atom. The van der Waals surface area contributed by atoms with Gasteiger partial charge in [0, 0.05) is 10.7 Å². The molecular weight excluding hydrogens is 264 g/mol. The molecule has 0 aliphatic carbocycles. The molecule has 98 valence electrons. The predicted octanol–water partition coefficient (Wildman–Crippen LogP) is 3.67. The summed E-state index contributed by atoms with van der Waals surface area (Å²) in [6.45, 7) is 1.91. The maximum absolute atomic E-state index is 11.0. The predicted molar refractivity (Wildman–Crippen MR) is 77.3 cm³/mol. The number of halogens is 1. The van der Waals surface area contributed by atoms with E-state index in [4.69, 9.17) is 22.4 Å². The van der Waals surface area contributed by atoms with E-state index in [0.717, 1.165) is 11.3 Å². The van der Waals surface area contributed by atoms with Crippen molar-refractivity contribution in [1.82, 2.24) is 0 Å². The van der Waals surface area contributed by atoms with Crippen molar-refractivity contribution in [3.63, 3.8) is 0 Å². The molecule has 0 aromatic heterocycles. The highest BCUT2D eigenvalue weighted by Crippen LogP contribution is 2.29. The number of para-hydroxylation sites is 1. The van der Waals surface area contributed by atoms with Gasteiger partial charge >= 0.3 is 5.97 Å². The molecule has 0 aliphatic rings. The Bertz CT molecular complexity index is 641. The minimum atomic E-state index is -1.05. The van der Waals surface area contributed by atoms with Crippen LogP contribution in [0.25, 0.3) is 0 Å². The van der Waals surface area contributed by atoms with Crippen molar-refractivity contribution in [2.24, 2.45) is 0 Å². The maximum atomic E-state index is 11.0. The van der Waals surface area contributed by atoms with Gasteiger partial charge in [0.2, 0.25) is 0 Å². The van der Waals surface area contributed by atoms with Gasteiger partial charge < -0.3 is 16.2 Å². The van der Waals surface area contributed by atoms with Gasteiger partial charge in [-0.05, 0) is 42.8 Å². The van der Waals surface area contributed by atoms with Gasteiger partial charge in [-0.1, -0.05) is 17.7 Å². The van der Waals surface area contributed by atoms with Gasteiger partial charge in [0.1, 0.15) is 0 Å². The highest BCUT2D eigenvalue weighted by Gasteiger charge is 2.11. The number of aryl methyl sites for hydroxylation is 1. The van der Waals surface area contributed by atoms with Gasteiger partial charge in [0.15, 0.2) is 0 Å². The van der Waals surface area contributed by atoms with E-state index in [2.05, 4.69) is 5.32 Å². The molecule has 0 saturated heterocycles. The molecule has 0 unspecified atom stereocenters. The summed E-state index contributed by atoms with van der Waals surface area (Å²) in [7, 11) is 0. The molecule has 2 aromatic rings. The number of nitrogens with two attached hydrogens (primary N) is 1. The van der Waals surface area contributed by atoms with Gasteiger partial charge in [-0.3, -0.25) is 0 Å². The Morgan fingerprint density at radius 2 is 2.00 bits per heavy atom. The number of nitrogens with one attached hydrogen (secondary N) is 1. The molecule has 0 spiro atoms. The summed E-state index contributed by atoms with van der Waals surface area (Å²) in [6, 6.07) is 10.3. The lowest BCUT2D eigenvalue weighted by molar-refractivity contribution is 0.0698. The molecule has 2 aromatic carbocycles. The molecule has 0 atom stereocenters. The number of aromatic carboxylic acids is 1. The average molecular weight is 277 g/mol. The molecule has 5 heteroatoms. The number of nitrogen functional groups attached to an aromatic ring is 1. The fraction of sp³-hybridized carbons (Fsp3) is 0.0714. The van der Waals surface area contributed by atoms with Crippen molar-refractivity contribution in [2.45, 2.75) is 6.92 Å². The first-order valence-electron chi connectivity index (χ1n) is 5.64. The molecule has 0 saturated carbocycles. The largest absolute Gasteiger partial charge is 0.478 e. The normalized spacial score (nSPS) is 10.2. The van der Waals surface area contributed by atoms with Crippen LogP contribution >= 0.6 is 11.6 Å². The van der Waals surface area contributed by atoms with Crippen LogP contribution in [0.5, 0.6) is 0 Å². The summed E-state index contributed by atoms with van der Waals surface area (Å²) < 4.78 is 0. The van der Waals surface area contributed by atoms with Crippen LogP contribution in [0.2, 0.25) is 5.02 Å². The van der Waals surface area contributed by atoms with Crippen molar-refractivity contribution in [2.75, 3.05) is 11.1 Å².